The number of nitrogens with zero attached hydrogens (tertiary/aromatic N) is 7. The van der Waals surface area contributed by atoms with E-state index < -0.39 is 0 Å². The van der Waals surface area contributed by atoms with Gasteiger partial charge in [-0.25, -0.2) is 14.4 Å². The summed E-state index contributed by atoms with van der Waals surface area (Å²) in [4.78, 5) is 15.8. The molecule has 0 fully saturated rings. The minimum absolute atomic E-state index is 0.274. The average molecular weight is 415 g/mol. The maximum absolute atomic E-state index is 14.7. The van der Waals surface area contributed by atoms with Gasteiger partial charge in [-0.1, -0.05) is 5.16 Å². The Morgan fingerprint density at radius 2 is 2.00 bits per heavy atom. The van der Waals surface area contributed by atoms with Gasteiger partial charge in [0.25, 0.3) is 0 Å². The molecule has 154 valence electrons. The molecule has 0 aliphatic carbocycles. The summed E-state index contributed by atoms with van der Waals surface area (Å²) < 4.78 is 21.7. The summed E-state index contributed by atoms with van der Waals surface area (Å²) in [6.45, 7) is 1.91. The molecule has 0 saturated carbocycles. The highest BCUT2D eigenvalue weighted by Crippen LogP contribution is 2.31. The maximum atomic E-state index is 14.7. The van der Waals surface area contributed by atoms with E-state index >= 15 is 0 Å². The highest BCUT2D eigenvalue weighted by molar-refractivity contribution is 6.14. The predicted octanol–water partition coefficient (Wildman–Crippen LogP) is 2.92. The van der Waals surface area contributed by atoms with E-state index in [4.69, 9.17) is 4.52 Å². The summed E-state index contributed by atoms with van der Waals surface area (Å²) in [5, 5.41) is 8.05. The first-order valence-corrected chi connectivity index (χ1v) is 10.0. The van der Waals surface area contributed by atoms with Gasteiger partial charge in [0.2, 0.25) is 0 Å². The molecule has 8 nitrogen and oxygen atoms in total. The Morgan fingerprint density at radius 1 is 1.06 bits per heavy atom. The van der Waals surface area contributed by atoms with Crippen molar-refractivity contribution in [2.75, 3.05) is 11.4 Å². The number of benzene rings is 1. The van der Waals surface area contributed by atoms with Crippen LogP contribution >= 0.6 is 0 Å². The Bertz CT molecular complexity index is 1340. The summed E-state index contributed by atoms with van der Waals surface area (Å²) in [6, 6.07) is 5.35. The van der Waals surface area contributed by atoms with Gasteiger partial charge in [-0.2, -0.15) is 5.10 Å². The van der Waals surface area contributed by atoms with Crippen LogP contribution in [0.25, 0.3) is 11.1 Å². The van der Waals surface area contributed by atoms with E-state index in [0.29, 0.717) is 18.7 Å². The third-order valence-corrected chi connectivity index (χ3v) is 5.79. The summed E-state index contributed by atoms with van der Waals surface area (Å²) >= 11 is 0. The van der Waals surface area contributed by atoms with Crippen molar-refractivity contribution in [1.82, 2.24) is 24.9 Å². The molecule has 2 aliphatic rings. The Hall–Kier alpha value is -3.88. The minimum Gasteiger partial charge on any atom is -0.361 e. The summed E-state index contributed by atoms with van der Waals surface area (Å²) in [7, 11) is 1.81. The molecule has 0 N–H and O–H groups in total. The number of hydrogen-bond acceptors (Lipinski definition) is 7. The standard InChI is InChI=1S/C22H18FN7O/c1-29-10-14(8-27-29)16-5-17-13(4-18(16)23)7-24-22(17)19-6-21(26-12-25-19)30-3-2-20-15(11-30)9-28-31-20/h4-6,8-10,12H,2-3,7,11H2,1H3. The van der Waals surface area contributed by atoms with E-state index in [9.17, 15) is 4.39 Å². The van der Waals surface area contributed by atoms with Crippen LogP contribution in [0, 0.1) is 5.82 Å². The van der Waals surface area contributed by atoms with E-state index in [-0.39, 0.29) is 5.82 Å². The van der Waals surface area contributed by atoms with Crippen LogP contribution in [0.5, 0.6) is 0 Å². The van der Waals surface area contributed by atoms with Gasteiger partial charge in [0, 0.05) is 61.1 Å². The molecular weight excluding hydrogens is 397 g/mol. The molecule has 0 spiro atoms. The number of aromatic nitrogens is 5. The first-order valence-electron chi connectivity index (χ1n) is 10.0. The molecule has 0 atom stereocenters. The average Bonchev–Trinajstić information content (AvgIpc) is 3.52. The van der Waals surface area contributed by atoms with Gasteiger partial charge in [0.1, 0.15) is 23.7 Å². The maximum Gasteiger partial charge on any atom is 0.143 e. The van der Waals surface area contributed by atoms with Gasteiger partial charge < -0.3 is 9.42 Å². The van der Waals surface area contributed by atoms with Crippen molar-refractivity contribution in [3.8, 4) is 11.1 Å². The number of hydrogen-bond donors (Lipinski definition) is 0. The highest BCUT2D eigenvalue weighted by Gasteiger charge is 2.25. The number of rotatable bonds is 3. The topological polar surface area (TPSA) is 85.2 Å². The fourth-order valence-electron chi connectivity index (χ4n) is 4.20. The zero-order valence-electron chi connectivity index (χ0n) is 16.8. The third-order valence-electron chi connectivity index (χ3n) is 5.79. The van der Waals surface area contributed by atoms with Crippen molar-refractivity contribution in [3.05, 3.63) is 77.1 Å². The molecule has 0 saturated heterocycles. The zero-order chi connectivity index (χ0) is 20.9. The number of halogens is 1. The lowest BCUT2D eigenvalue weighted by Gasteiger charge is -2.26. The second kappa shape index (κ2) is 6.83. The Labute approximate surface area is 177 Å². The zero-order valence-corrected chi connectivity index (χ0v) is 16.8. The number of anilines is 1. The molecule has 3 aromatic heterocycles. The molecule has 0 amide bonds. The van der Waals surface area contributed by atoms with Crippen molar-refractivity contribution in [2.24, 2.45) is 12.0 Å². The predicted molar refractivity (Wildman–Crippen MR) is 111 cm³/mol. The molecule has 2 aliphatic heterocycles. The molecule has 0 radical (unpaired) electrons. The first-order chi connectivity index (χ1) is 15.2. The highest BCUT2D eigenvalue weighted by atomic mass is 19.1. The lowest BCUT2D eigenvalue weighted by molar-refractivity contribution is 0.377. The van der Waals surface area contributed by atoms with E-state index in [0.717, 1.165) is 58.2 Å². The molecule has 9 heteroatoms. The van der Waals surface area contributed by atoms with Crippen LogP contribution in [0.2, 0.25) is 0 Å². The Morgan fingerprint density at radius 3 is 2.87 bits per heavy atom. The van der Waals surface area contributed by atoms with Crippen molar-refractivity contribution in [2.45, 2.75) is 19.5 Å². The van der Waals surface area contributed by atoms with Crippen molar-refractivity contribution < 1.29 is 8.91 Å². The molecular formula is C22H18FN7O. The lowest BCUT2D eigenvalue weighted by Crippen LogP contribution is -2.30. The normalized spacial score (nSPS) is 15.0. The molecule has 5 heterocycles. The van der Waals surface area contributed by atoms with Crippen LogP contribution in [0.4, 0.5) is 10.2 Å². The van der Waals surface area contributed by atoms with Gasteiger partial charge in [0.15, 0.2) is 0 Å². The monoisotopic (exact) mass is 415 g/mol. The summed E-state index contributed by atoms with van der Waals surface area (Å²) in [6.07, 6.45) is 7.56. The van der Waals surface area contributed by atoms with E-state index in [1.165, 1.54) is 0 Å². The quantitative estimate of drug-likeness (QED) is 0.512. The second-order valence-electron chi connectivity index (χ2n) is 7.76. The molecule has 0 bridgehead atoms. The van der Waals surface area contributed by atoms with Crippen LogP contribution in [0.3, 0.4) is 0 Å². The fourth-order valence-corrected chi connectivity index (χ4v) is 4.20. The van der Waals surface area contributed by atoms with Crippen LogP contribution < -0.4 is 4.90 Å². The Balaban J connectivity index is 1.35. The SMILES string of the molecule is Cn1cc(-c2cc3c(cc2F)CN=C3c2cc(N3CCc4oncc4C3)ncn2)cn1. The Kier molecular flexibility index (Phi) is 3.95. The van der Waals surface area contributed by atoms with Crippen LogP contribution in [-0.4, -0.2) is 37.2 Å². The molecule has 4 aromatic rings. The van der Waals surface area contributed by atoms with Gasteiger partial charge in [0.05, 0.1) is 30.3 Å². The van der Waals surface area contributed by atoms with Gasteiger partial charge >= 0.3 is 0 Å². The van der Waals surface area contributed by atoms with Crippen LogP contribution in [0.1, 0.15) is 28.1 Å². The molecule has 1 aromatic carbocycles. The van der Waals surface area contributed by atoms with Gasteiger partial charge in [-0.05, 0) is 17.7 Å². The number of aryl methyl sites for hydroxylation is 1. The summed E-state index contributed by atoms with van der Waals surface area (Å²) in [5.74, 6) is 1.48. The smallest absolute Gasteiger partial charge is 0.143 e. The first kappa shape index (κ1) is 17.9. The van der Waals surface area contributed by atoms with Crippen molar-refractivity contribution >= 4 is 11.5 Å². The minimum atomic E-state index is -0.274. The van der Waals surface area contributed by atoms with Crippen LogP contribution in [-0.2, 0) is 26.6 Å². The van der Waals surface area contributed by atoms with E-state index in [1.54, 1.807) is 35.7 Å². The number of aliphatic imine (C=N–C) groups is 1. The summed E-state index contributed by atoms with van der Waals surface area (Å²) in [5.41, 5.74) is 5.54. The van der Waals surface area contributed by atoms with Gasteiger partial charge in [-0.15, -0.1) is 0 Å². The number of fused-ring (bicyclic) bond motifs is 2. The van der Waals surface area contributed by atoms with E-state index in [1.807, 2.05) is 19.2 Å². The van der Waals surface area contributed by atoms with E-state index in [2.05, 4.69) is 30.1 Å². The van der Waals surface area contributed by atoms with Gasteiger partial charge in [-0.3, -0.25) is 9.67 Å². The van der Waals surface area contributed by atoms with Crippen molar-refractivity contribution in [3.63, 3.8) is 0 Å². The van der Waals surface area contributed by atoms with Crippen LogP contribution in [0.15, 0.2) is 52.6 Å². The fraction of sp³-hybridized carbons (Fsp3) is 0.227. The lowest BCUT2D eigenvalue weighted by atomic mass is 9.97. The second-order valence-corrected chi connectivity index (χ2v) is 7.76. The van der Waals surface area contributed by atoms with Crippen molar-refractivity contribution in [1.29, 1.82) is 0 Å². The molecule has 0 unspecified atom stereocenters. The molecule has 31 heavy (non-hydrogen) atoms. The molecule has 6 rings (SSSR count). The third kappa shape index (κ3) is 3.00. The largest absolute Gasteiger partial charge is 0.361 e.